The van der Waals surface area contributed by atoms with Crippen molar-refractivity contribution in [3.63, 3.8) is 0 Å². The lowest BCUT2D eigenvalue weighted by molar-refractivity contribution is -0.0204. The number of nitrogens with zero attached hydrogens (tertiary/aromatic N) is 6. The Bertz CT molecular complexity index is 1440. The third kappa shape index (κ3) is 2.69. The number of carbonyl (C=O) groups is 1. The SMILES string of the molecule is CCn1c(-c2nc3cc(C(=O)N4C[C@H]5CC6C[C@@H]4[C@H]65)cnc3n2CCOC)cc2cccnc21. The van der Waals surface area contributed by atoms with Gasteiger partial charge in [-0.05, 0) is 61.8 Å². The second-order valence-electron chi connectivity index (χ2n) is 9.93. The van der Waals surface area contributed by atoms with Gasteiger partial charge in [-0.3, -0.25) is 4.79 Å². The van der Waals surface area contributed by atoms with Crippen LogP contribution >= 0.6 is 0 Å². The van der Waals surface area contributed by atoms with Crippen molar-refractivity contribution in [1.29, 1.82) is 0 Å². The molecule has 8 heteroatoms. The number of amides is 1. The molecule has 0 aromatic carbocycles. The van der Waals surface area contributed by atoms with Gasteiger partial charge in [0.25, 0.3) is 5.91 Å². The van der Waals surface area contributed by atoms with Gasteiger partial charge in [-0.2, -0.15) is 0 Å². The number of hydrogen-bond donors (Lipinski definition) is 0. The standard InChI is InChI=1S/C26H28N6O2/c1-3-30-21(11-15-5-4-6-27-23(15)30)25-29-19-10-17(13-28-24(19)31(25)7-8-34-2)26(33)32-14-18-9-16-12-20(32)22(16)18/h4-6,10-11,13,16,18,20,22H,3,7-9,12,14H2,1-2H3/t16?,18-,20-,22-/m1/s1. The Morgan fingerprint density at radius 1 is 1.15 bits per heavy atom. The van der Waals surface area contributed by atoms with Crippen molar-refractivity contribution in [1.82, 2.24) is 29.0 Å². The zero-order valence-corrected chi connectivity index (χ0v) is 19.5. The molecule has 174 valence electrons. The molecular formula is C26H28N6O2. The van der Waals surface area contributed by atoms with E-state index in [4.69, 9.17) is 14.7 Å². The Hall–Kier alpha value is -3.26. The van der Waals surface area contributed by atoms with Gasteiger partial charge in [0.2, 0.25) is 0 Å². The van der Waals surface area contributed by atoms with E-state index in [1.165, 1.54) is 12.8 Å². The summed E-state index contributed by atoms with van der Waals surface area (Å²) in [7, 11) is 1.70. The van der Waals surface area contributed by atoms with Gasteiger partial charge < -0.3 is 18.8 Å². The number of methoxy groups -OCH3 is 1. The summed E-state index contributed by atoms with van der Waals surface area (Å²) in [5, 5.41) is 1.08. The summed E-state index contributed by atoms with van der Waals surface area (Å²) in [6.45, 7) is 4.97. The minimum Gasteiger partial charge on any atom is -0.383 e. The van der Waals surface area contributed by atoms with Crippen LogP contribution in [0.3, 0.4) is 0 Å². The number of carbonyl (C=O) groups excluding carboxylic acids is 1. The lowest BCUT2D eigenvalue weighted by Crippen LogP contribution is -2.53. The molecule has 0 bridgehead atoms. The van der Waals surface area contributed by atoms with Crippen LogP contribution in [0.5, 0.6) is 0 Å². The van der Waals surface area contributed by atoms with Crippen LogP contribution in [0.15, 0.2) is 36.7 Å². The Balaban J connectivity index is 1.32. The number of aryl methyl sites for hydroxylation is 1. The van der Waals surface area contributed by atoms with Crippen LogP contribution in [-0.4, -0.2) is 61.2 Å². The quantitative estimate of drug-likeness (QED) is 0.443. The van der Waals surface area contributed by atoms with E-state index in [1.807, 2.05) is 18.3 Å². The normalized spacial score (nSPS) is 24.9. The van der Waals surface area contributed by atoms with Crippen LogP contribution < -0.4 is 0 Å². The van der Waals surface area contributed by atoms with Gasteiger partial charge in [0.05, 0.1) is 17.9 Å². The molecule has 3 aliphatic rings. The van der Waals surface area contributed by atoms with E-state index in [0.29, 0.717) is 30.7 Å². The van der Waals surface area contributed by atoms with Crippen molar-refractivity contribution in [2.24, 2.45) is 17.8 Å². The molecule has 2 saturated carbocycles. The summed E-state index contributed by atoms with van der Waals surface area (Å²) in [5.41, 5.74) is 4.09. The third-order valence-corrected chi connectivity index (χ3v) is 8.33. The summed E-state index contributed by atoms with van der Waals surface area (Å²) < 4.78 is 9.66. The highest BCUT2D eigenvalue weighted by Crippen LogP contribution is 2.60. The largest absolute Gasteiger partial charge is 0.383 e. The molecule has 1 saturated heterocycles. The first kappa shape index (κ1) is 20.1. The van der Waals surface area contributed by atoms with Crippen LogP contribution in [0.4, 0.5) is 0 Å². The summed E-state index contributed by atoms with van der Waals surface area (Å²) >= 11 is 0. The molecule has 4 aromatic rings. The van der Waals surface area contributed by atoms with Crippen molar-refractivity contribution in [2.75, 3.05) is 20.3 Å². The number of rotatable bonds is 6. The van der Waals surface area contributed by atoms with E-state index < -0.39 is 0 Å². The zero-order chi connectivity index (χ0) is 23.0. The van der Waals surface area contributed by atoms with Crippen LogP contribution in [0.1, 0.15) is 30.1 Å². The first-order valence-electron chi connectivity index (χ1n) is 12.3. The average molecular weight is 457 g/mol. The number of hydrogen-bond acceptors (Lipinski definition) is 5. The second-order valence-corrected chi connectivity index (χ2v) is 9.93. The molecule has 4 aromatic heterocycles. The minimum atomic E-state index is 0.104. The predicted octanol–water partition coefficient (Wildman–Crippen LogP) is 3.59. The summed E-state index contributed by atoms with van der Waals surface area (Å²) in [6.07, 6.45) is 6.02. The molecule has 0 N–H and O–H groups in total. The molecule has 8 nitrogen and oxygen atoms in total. The van der Waals surface area contributed by atoms with E-state index in [0.717, 1.165) is 58.6 Å². The molecule has 0 spiro atoms. The van der Waals surface area contributed by atoms with Gasteiger partial charge >= 0.3 is 0 Å². The van der Waals surface area contributed by atoms with Crippen LogP contribution in [0, 0.1) is 17.8 Å². The van der Waals surface area contributed by atoms with Gasteiger partial charge in [0.15, 0.2) is 11.5 Å². The molecule has 1 aliphatic heterocycles. The Labute approximate surface area is 197 Å². The van der Waals surface area contributed by atoms with Crippen LogP contribution in [0.2, 0.25) is 0 Å². The molecule has 4 atom stereocenters. The molecule has 0 radical (unpaired) electrons. The number of pyridine rings is 2. The molecule has 3 fully saturated rings. The first-order chi connectivity index (χ1) is 16.7. The highest BCUT2D eigenvalue weighted by molar-refractivity contribution is 5.97. The Kier molecular flexibility index (Phi) is 4.37. The van der Waals surface area contributed by atoms with Crippen molar-refractivity contribution in [3.8, 4) is 11.5 Å². The number of imidazole rings is 1. The smallest absolute Gasteiger partial charge is 0.255 e. The van der Waals surface area contributed by atoms with Gasteiger partial charge in [-0.25, -0.2) is 15.0 Å². The third-order valence-electron chi connectivity index (χ3n) is 8.33. The summed E-state index contributed by atoms with van der Waals surface area (Å²) in [5.74, 6) is 3.27. The van der Waals surface area contributed by atoms with E-state index in [1.54, 1.807) is 13.3 Å². The topological polar surface area (TPSA) is 78.1 Å². The average Bonchev–Trinajstić information content (AvgIpc) is 3.40. The Morgan fingerprint density at radius 3 is 2.85 bits per heavy atom. The fraction of sp³-hybridized carbons (Fsp3) is 0.462. The maximum atomic E-state index is 13.4. The zero-order valence-electron chi connectivity index (χ0n) is 19.5. The minimum absolute atomic E-state index is 0.104. The molecule has 5 heterocycles. The molecule has 1 unspecified atom stereocenters. The fourth-order valence-corrected chi connectivity index (χ4v) is 6.67. The van der Waals surface area contributed by atoms with Crippen molar-refractivity contribution in [3.05, 3.63) is 42.2 Å². The molecular weight excluding hydrogens is 428 g/mol. The van der Waals surface area contributed by atoms with Gasteiger partial charge in [0.1, 0.15) is 11.2 Å². The van der Waals surface area contributed by atoms with Crippen LogP contribution in [0.25, 0.3) is 33.7 Å². The number of ether oxygens (including phenoxy) is 1. The molecule has 7 rings (SSSR count). The number of aromatic nitrogens is 5. The Morgan fingerprint density at radius 2 is 2.06 bits per heavy atom. The fourth-order valence-electron chi connectivity index (χ4n) is 6.67. The highest BCUT2D eigenvalue weighted by atomic mass is 16.5. The van der Waals surface area contributed by atoms with Gasteiger partial charge in [-0.1, -0.05) is 0 Å². The number of likely N-dealkylation sites (tertiary alicyclic amines) is 1. The predicted molar refractivity (Wildman–Crippen MR) is 128 cm³/mol. The van der Waals surface area contributed by atoms with E-state index >= 15 is 0 Å². The van der Waals surface area contributed by atoms with E-state index in [2.05, 4.69) is 38.1 Å². The lowest BCUT2D eigenvalue weighted by atomic mass is 9.53. The molecule has 2 aliphatic carbocycles. The van der Waals surface area contributed by atoms with Gasteiger partial charge in [0, 0.05) is 50.6 Å². The molecule has 1 amide bonds. The van der Waals surface area contributed by atoms with Crippen molar-refractivity contribution in [2.45, 2.75) is 38.9 Å². The lowest BCUT2D eigenvalue weighted by Gasteiger charge is -2.52. The monoisotopic (exact) mass is 456 g/mol. The maximum Gasteiger partial charge on any atom is 0.255 e. The van der Waals surface area contributed by atoms with E-state index in [9.17, 15) is 4.79 Å². The van der Waals surface area contributed by atoms with Gasteiger partial charge in [-0.15, -0.1) is 0 Å². The maximum absolute atomic E-state index is 13.4. The van der Waals surface area contributed by atoms with Crippen molar-refractivity contribution >= 4 is 28.1 Å². The second kappa shape index (κ2) is 7.37. The summed E-state index contributed by atoms with van der Waals surface area (Å²) in [4.78, 5) is 29.9. The first-order valence-corrected chi connectivity index (χ1v) is 12.3. The van der Waals surface area contributed by atoms with E-state index in [-0.39, 0.29) is 5.91 Å². The molecule has 34 heavy (non-hydrogen) atoms. The highest BCUT2D eigenvalue weighted by Gasteiger charge is 2.61. The summed E-state index contributed by atoms with van der Waals surface area (Å²) in [6, 6.07) is 8.52. The van der Waals surface area contributed by atoms with Crippen LogP contribution in [-0.2, 0) is 17.8 Å². The number of fused-ring (bicyclic) bond motifs is 2. The van der Waals surface area contributed by atoms with Crippen molar-refractivity contribution < 1.29 is 9.53 Å².